The summed E-state index contributed by atoms with van der Waals surface area (Å²) in [6.07, 6.45) is 1.39. The topological polar surface area (TPSA) is 67.9 Å². The number of halogens is 4. The molecule has 1 aliphatic heterocycles. The molecule has 0 unspecified atom stereocenters. The number of thiocarbonyl (C=S) groups is 1. The van der Waals surface area contributed by atoms with Gasteiger partial charge in [-0.25, -0.2) is 9.29 Å². The average molecular weight is 657 g/mol. The van der Waals surface area contributed by atoms with Gasteiger partial charge in [-0.05, 0) is 88.4 Å². The lowest BCUT2D eigenvalue weighted by Crippen LogP contribution is -2.54. The first kappa shape index (κ1) is 26.3. The van der Waals surface area contributed by atoms with E-state index in [-0.39, 0.29) is 23.0 Å². The molecule has 1 aliphatic rings. The lowest BCUT2D eigenvalue weighted by atomic mass is 10.1. The molecule has 2 amide bonds. The van der Waals surface area contributed by atoms with E-state index < -0.39 is 17.6 Å². The van der Waals surface area contributed by atoms with Gasteiger partial charge in [0.2, 0.25) is 0 Å². The van der Waals surface area contributed by atoms with Gasteiger partial charge < -0.3 is 9.47 Å². The van der Waals surface area contributed by atoms with Crippen molar-refractivity contribution in [2.45, 2.75) is 6.61 Å². The molecule has 0 aromatic heterocycles. The minimum atomic E-state index is -0.747. The Bertz CT molecular complexity index is 1430. The van der Waals surface area contributed by atoms with Crippen molar-refractivity contribution in [2.75, 3.05) is 12.0 Å². The number of benzene rings is 3. The lowest BCUT2D eigenvalue weighted by Gasteiger charge is -2.29. The van der Waals surface area contributed by atoms with Crippen LogP contribution in [0.25, 0.3) is 6.08 Å². The second kappa shape index (κ2) is 11.1. The quantitative estimate of drug-likeness (QED) is 0.149. The van der Waals surface area contributed by atoms with Gasteiger partial charge in [-0.15, -0.1) is 0 Å². The Labute approximate surface area is 235 Å². The van der Waals surface area contributed by atoms with E-state index in [1.807, 2.05) is 0 Å². The third-order valence-corrected chi connectivity index (χ3v) is 6.95. The summed E-state index contributed by atoms with van der Waals surface area (Å²) in [5.41, 5.74) is 1.03. The number of anilines is 1. The summed E-state index contributed by atoms with van der Waals surface area (Å²) >= 11 is 19.2. The summed E-state index contributed by atoms with van der Waals surface area (Å²) in [7, 11) is 1.48. The number of para-hydroxylation sites is 1. The first-order valence-electron chi connectivity index (χ1n) is 10.3. The molecule has 6 nitrogen and oxygen atoms in total. The first-order valence-corrected chi connectivity index (χ1v) is 12.5. The monoisotopic (exact) mass is 656 g/mol. The Morgan fingerprint density at radius 1 is 1.11 bits per heavy atom. The van der Waals surface area contributed by atoms with Crippen molar-refractivity contribution >= 4 is 86.7 Å². The van der Waals surface area contributed by atoms with Gasteiger partial charge in [-0.2, -0.15) is 0 Å². The zero-order chi connectivity index (χ0) is 26.0. The Balaban J connectivity index is 1.64. The van der Waals surface area contributed by atoms with Crippen LogP contribution < -0.4 is 19.7 Å². The van der Waals surface area contributed by atoms with Crippen molar-refractivity contribution in [3.63, 3.8) is 0 Å². The zero-order valence-corrected chi connectivity index (χ0v) is 23.0. The highest BCUT2D eigenvalue weighted by Crippen LogP contribution is 2.36. The summed E-state index contributed by atoms with van der Waals surface area (Å²) in [4.78, 5) is 26.8. The third-order valence-electron chi connectivity index (χ3n) is 5.12. The van der Waals surface area contributed by atoms with E-state index in [0.29, 0.717) is 30.7 Å². The van der Waals surface area contributed by atoms with Crippen LogP contribution in [-0.4, -0.2) is 24.0 Å². The van der Waals surface area contributed by atoms with Gasteiger partial charge in [0.1, 0.15) is 18.0 Å². The molecule has 0 atom stereocenters. The maximum absolute atomic E-state index is 14.4. The van der Waals surface area contributed by atoms with Crippen molar-refractivity contribution in [3.8, 4) is 11.5 Å². The lowest BCUT2D eigenvalue weighted by molar-refractivity contribution is -0.122. The first-order chi connectivity index (χ1) is 17.2. The predicted molar refractivity (Wildman–Crippen MR) is 149 cm³/mol. The summed E-state index contributed by atoms with van der Waals surface area (Å²) in [6.45, 7) is 0.208. The number of hydrogen-bond donors (Lipinski definition) is 1. The minimum Gasteiger partial charge on any atom is -0.493 e. The summed E-state index contributed by atoms with van der Waals surface area (Å²) in [5, 5.41) is 3.10. The molecule has 1 fully saturated rings. The Morgan fingerprint density at radius 3 is 2.56 bits per heavy atom. The molecule has 36 heavy (non-hydrogen) atoms. The van der Waals surface area contributed by atoms with Crippen LogP contribution in [-0.2, 0) is 16.2 Å². The maximum atomic E-state index is 14.4. The van der Waals surface area contributed by atoms with Gasteiger partial charge in [0.25, 0.3) is 11.8 Å². The average Bonchev–Trinajstić information content (AvgIpc) is 2.84. The number of carbonyl (C=O) groups is 2. The maximum Gasteiger partial charge on any atom is 0.270 e. The molecule has 0 spiro atoms. The molecular formula is C25H16Cl2FIN2O4S. The van der Waals surface area contributed by atoms with Gasteiger partial charge in [-0.3, -0.25) is 14.9 Å². The molecule has 0 saturated carbocycles. The van der Waals surface area contributed by atoms with Gasteiger partial charge in [0.15, 0.2) is 16.6 Å². The summed E-state index contributed by atoms with van der Waals surface area (Å²) < 4.78 is 26.5. The summed E-state index contributed by atoms with van der Waals surface area (Å²) in [5.74, 6) is -1.23. The normalized spacial score (nSPS) is 14.8. The Kier molecular flexibility index (Phi) is 8.13. The number of carbonyl (C=O) groups excluding carboxylic acids is 2. The van der Waals surface area contributed by atoms with Crippen LogP contribution in [0, 0.1) is 9.39 Å². The van der Waals surface area contributed by atoms with Crippen LogP contribution in [0.5, 0.6) is 11.5 Å². The predicted octanol–water partition coefficient (Wildman–Crippen LogP) is 6.16. The molecular weight excluding hydrogens is 641 g/mol. The molecule has 11 heteroatoms. The number of hydrogen-bond acceptors (Lipinski definition) is 5. The molecule has 0 aliphatic carbocycles. The Morgan fingerprint density at radius 2 is 1.86 bits per heavy atom. The zero-order valence-electron chi connectivity index (χ0n) is 18.5. The molecule has 0 radical (unpaired) electrons. The number of amides is 2. The third kappa shape index (κ3) is 5.49. The van der Waals surface area contributed by atoms with E-state index in [1.54, 1.807) is 36.4 Å². The van der Waals surface area contributed by atoms with E-state index >= 15 is 0 Å². The SMILES string of the molecule is COc1cc(/C=C2\C(=O)NC(=S)N(c3ccccc3F)C2=O)cc(I)c1OCc1ccc(Cl)c(Cl)c1. The van der Waals surface area contributed by atoms with Crippen LogP contribution in [0.2, 0.25) is 10.0 Å². The van der Waals surface area contributed by atoms with Crippen molar-refractivity contribution < 1.29 is 23.5 Å². The molecule has 1 heterocycles. The molecule has 3 aromatic rings. The highest BCUT2D eigenvalue weighted by molar-refractivity contribution is 14.1. The number of nitrogens with zero attached hydrogens (tertiary/aromatic N) is 1. The highest BCUT2D eigenvalue weighted by Gasteiger charge is 2.35. The van der Waals surface area contributed by atoms with Crippen molar-refractivity contribution in [1.29, 1.82) is 0 Å². The molecule has 4 rings (SSSR count). The fraction of sp³-hybridized carbons (Fsp3) is 0.0800. The second-order valence-electron chi connectivity index (χ2n) is 7.48. The van der Waals surface area contributed by atoms with E-state index in [9.17, 15) is 14.0 Å². The standard InChI is InChI=1S/C25H16Cl2FIN2O4S/c1-34-21-11-14(10-19(29)22(21)35-12-13-6-7-16(26)17(27)9-13)8-15-23(32)30-25(36)31(24(15)33)20-5-3-2-4-18(20)28/h2-11H,12H2,1H3,(H,30,32,36)/b15-8+. The molecule has 184 valence electrons. The van der Waals surface area contributed by atoms with E-state index in [1.165, 1.54) is 31.4 Å². The van der Waals surface area contributed by atoms with E-state index in [2.05, 4.69) is 27.9 Å². The Hall–Kier alpha value is -2.73. The van der Waals surface area contributed by atoms with Crippen LogP contribution in [0.1, 0.15) is 11.1 Å². The summed E-state index contributed by atoms with van der Waals surface area (Å²) in [6, 6.07) is 14.2. The fourth-order valence-corrected chi connectivity index (χ4v) is 4.80. The smallest absolute Gasteiger partial charge is 0.270 e. The van der Waals surface area contributed by atoms with Crippen molar-refractivity contribution in [1.82, 2.24) is 5.32 Å². The molecule has 1 saturated heterocycles. The molecule has 3 aromatic carbocycles. The second-order valence-corrected chi connectivity index (χ2v) is 9.84. The van der Waals surface area contributed by atoms with Crippen LogP contribution in [0.15, 0.2) is 60.2 Å². The highest BCUT2D eigenvalue weighted by atomic mass is 127. The number of rotatable bonds is 6. The number of ether oxygens (including phenoxy) is 2. The molecule has 1 N–H and O–H groups in total. The van der Waals surface area contributed by atoms with Crippen molar-refractivity contribution in [2.24, 2.45) is 0 Å². The number of nitrogens with one attached hydrogen (secondary N) is 1. The van der Waals surface area contributed by atoms with Crippen molar-refractivity contribution in [3.05, 3.63) is 90.7 Å². The van der Waals surface area contributed by atoms with Crippen LogP contribution in [0.4, 0.5) is 10.1 Å². The van der Waals surface area contributed by atoms with Crippen LogP contribution in [0.3, 0.4) is 0 Å². The fourth-order valence-electron chi connectivity index (χ4n) is 3.42. The largest absolute Gasteiger partial charge is 0.493 e. The van der Waals surface area contributed by atoms with E-state index in [0.717, 1.165) is 10.5 Å². The molecule has 0 bridgehead atoms. The van der Waals surface area contributed by atoms with Gasteiger partial charge in [0.05, 0.1) is 26.4 Å². The van der Waals surface area contributed by atoms with Gasteiger partial charge >= 0.3 is 0 Å². The van der Waals surface area contributed by atoms with E-state index in [4.69, 9.17) is 44.9 Å². The number of methoxy groups -OCH3 is 1. The van der Waals surface area contributed by atoms with Gasteiger partial charge in [-0.1, -0.05) is 41.4 Å². The van der Waals surface area contributed by atoms with Gasteiger partial charge in [0, 0.05) is 0 Å². The minimum absolute atomic E-state index is 0.0587. The van der Waals surface area contributed by atoms with Crippen LogP contribution >= 0.6 is 58.0 Å².